The molecule has 2 aromatic carbocycles. The third-order valence-corrected chi connectivity index (χ3v) is 3.45. The Morgan fingerprint density at radius 2 is 1.47 bits per heavy atom. The molecule has 0 aliphatic carbocycles. The average Bonchev–Trinajstić information content (AvgIpc) is 2.41. The highest BCUT2D eigenvalue weighted by atomic mass is 19.3. The lowest BCUT2D eigenvalue weighted by molar-refractivity contribution is 0.151. The summed E-state index contributed by atoms with van der Waals surface area (Å²) in [4.78, 5) is 0. The Morgan fingerprint density at radius 3 is 2.05 bits per heavy atom. The van der Waals surface area contributed by atoms with Gasteiger partial charge in [0, 0.05) is 5.56 Å². The molecule has 1 unspecified atom stereocenters. The fraction of sp³-hybridized carbons (Fsp3) is 0.250. The predicted octanol–water partition coefficient (Wildman–Crippen LogP) is 4.32. The smallest absolute Gasteiger partial charge is 0.263 e. The first-order valence-electron chi connectivity index (χ1n) is 6.13. The van der Waals surface area contributed by atoms with Gasteiger partial charge in [0.2, 0.25) is 0 Å². The van der Waals surface area contributed by atoms with E-state index in [9.17, 15) is 13.9 Å². The van der Waals surface area contributed by atoms with Crippen molar-refractivity contribution in [2.45, 2.75) is 26.4 Å². The van der Waals surface area contributed by atoms with Crippen molar-refractivity contribution in [2.75, 3.05) is 0 Å². The topological polar surface area (TPSA) is 20.2 Å². The van der Waals surface area contributed by atoms with Crippen molar-refractivity contribution in [1.29, 1.82) is 0 Å². The summed E-state index contributed by atoms with van der Waals surface area (Å²) < 4.78 is 25.0. The van der Waals surface area contributed by atoms with Crippen LogP contribution >= 0.6 is 0 Å². The number of hydrogen-bond donors (Lipinski definition) is 1. The molecule has 1 nitrogen and oxygen atoms in total. The number of rotatable bonds is 3. The maximum absolute atomic E-state index is 12.5. The molecule has 0 aromatic heterocycles. The summed E-state index contributed by atoms with van der Waals surface area (Å²) in [5.74, 6) is 0. The van der Waals surface area contributed by atoms with E-state index in [4.69, 9.17) is 0 Å². The van der Waals surface area contributed by atoms with Crippen LogP contribution in [0.5, 0.6) is 0 Å². The predicted molar refractivity (Wildman–Crippen MR) is 71.4 cm³/mol. The van der Waals surface area contributed by atoms with Gasteiger partial charge in [0.1, 0.15) is 6.10 Å². The third kappa shape index (κ3) is 2.82. The molecule has 0 spiro atoms. The van der Waals surface area contributed by atoms with Crippen LogP contribution in [-0.2, 0) is 0 Å². The monoisotopic (exact) mass is 262 g/mol. The van der Waals surface area contributed by atoms with Crippen LogP contribution < -0.4 is 0 Å². The molecule has 0 bridgehead atoms. The standard InChI is InChI=1S/C16H16F2O/c1-10-4-3-5-14(11(10)2)15(19)12-6-8-13(9-7-12)16(17)18/h3-9,15-16,19H,1-2H3. The van der Waals surface area contributed by atoms with Crippen LogP contribution in [0.4, 0.5) is 8.78 Å². The van der Waals surface area contributed by atoms with Gasteiger partial charge in [-0.2, -0.15) is 0 Å². The van der Waals surface area contributed by atoms with E-state index in [1.54, 1.807) is 12.1 Å². The molecule has 19 heavy (non-hydrogen) atoms. The van der Waals surface area contributed by atoms with Crippen molar-refractivity contribution in [3.05, 3.63) is 70.3 Å². The number of benzene rings is 2. The summed E-state index contributed by atoms with van der Waals surface area (Å²) in [6.45, 7) is 3.92. The summed E-state index contributed by atoms with van der Waals surface area (Å²) in [5, 5.41) is 10.3. The normalized spacial score (nSPS) is 12.7. The molecule has 1 N–H and O–H groups in total. The summed E-state index contributed by atoms with van der Waals surface area (Å²) >= 11 is 0. The second kappa shape index (κ2) is 5.49. The lowest BCUT2D eigenvalue weighted by Gasteiger charge is -2.16. The highest BCUT2D eigenvalue weighted by molar-refractivity contribution is 5.39. The quantitative estimate of drug-likeness (QED) is 0.873. The van der Waals surface area contributed by atoms with Crippen LogP contribution in [0.25, 0.3) is 0 Å². The van der Waals surface area contributed by atoms with E-state index in [2.05, 4.69) is 0 Å². The summed E-state index contributed by atoms with van der Waals surface area (Å²) in [6, 6.07) is 11.5. The average molecular weight is 262 g/mol. The molecule has 0 saturated heterocycles. The van der Waals surface area contributed by atoms with Crippen LogP contribution in [0, 0.1) is 13.8 Å². The molecule has 0 aliphatic heterocycles. The van der Waals surface area contributed by atoms with E-state index >= 15 is 0 Å². The zero-order chi connectivity index (χ0) is 14.0. The van der Waals surface area contributed by atoms with E-state index in [-0.39, 0.29) is 5.56 Å². The van der Waals surface area contributed by atoms with Gasteiger partial charge in [-0.05, 0) is 36.1 Å². The Bertz CT molecular complexity index is 561. The summed E-state index contributed by atoms with van der Waals surface area (Å²) in [6.07, 6.45) is -3.27. The van der Waals surface area contributed by atoms with Crippen molar-refractivity contribution in [3.8, 4) is 0 Å². The van der Waals surface area contributed by atoms with Gasteiger partial charge in [0.15, 0.2) is 0 Å². The largest absolute Gasteiger partial charge is 0.384 e. The van der Waals surface area contributed by atoms with Gasteiger partial charge >= 0.3 is 0 Å². The molecule has 1 atom stereocenters. The van der Waals surface area contributed by atoms with Crippen molar-refractivity contribution in [3.63, 3.8) is 0 Å². The fourth-order valence-electron chi connectivity index (χ4n) is 2.07. The van der Waals surface area contributed by atoms with Gasteiger partial charge in [-0.3, -0.25) is 0 Å². The molecule has 3 heteroatoms. The molecule has 2 rings (SSSR count). The molecular formula is C16H16F2O. The summed E-state index contributed by atoms with van der Waals surface area (Å²) in [5.41, 5.74) is 3.52. The molecule has 0 radical (unpaired) electrons. The van der Waals surface area contributed by atoms with Crippen molar-refractivity contribution < 1.29 is 13.9 Å². The zero-order valence-corrected chi connectivity index (χ0v) is 10.9. The Morgan fingerprint density at radius 1 is 0.895 bits per heavy atom. The number of alkyl halides is 2. The van der Waals surface area contributed by atoms with E-state index < -0.39 is 12.5 Å². The highest BCUT2D eigenvalue weighted by Crippen LogP contribution is 2.28. The molecule has 0 amide bonds. The number of halogens is 2. The SMILES string of the molecule is Cc1cccc(C(O)c2ccc(C(F)F)cc2)c1C. The van der Waals surface area contributed by atoms with Crippen molar-refractivity contribution in [1.82, 2.24) is 0 Å². The minimum absolute atomic E-state index is 0.0306. The molecule has 0 aliphatic rings. The van der Waals surface area contributed by atoms with E-state index in [0.29, 0.717) is 5.56 Å². The molecule has 0 fully saturated rings. The number of aliphatic hydroxyl groups is 1. The van der Waals surface area contributed by atoms with E-state index in [1.807, 2.05) is 32.0 Å². The second-order valence-electron chi connectivity index (χ2n) is 4.66. The lowest BCUT2D eigenvalue weighted by atomic mass is 9.94. The Kier molecular flexibility index (Phi) is 3.96. The van der Waals surface area contributed by atoms with Gasteiger partial charge in [-0.15, -0.1) is 0 Å². The number of aryl methyl sites for hydroxylation is 1. The van der Waals surface area contributed by atoms with Crippen LogP contribution in [0.15, 0.2) is 42.5 Å². The van der Waals surface area contributed by atoms with Gasteiger partial charge in [-0.25, -0.2) is 8.78 Å². The maximum atomic E-state index is 12.5. The molecular weight excluding hydrogens is 246 g/mol. The van der Waals surface area contributed by atoms with Gasteiger partial charge < -0.3 is 5.11 Å². The van der Waals surface area contributed by atoms with Gasteiger partial charge in [0.25, 0.3) is 6.43 Å². The van der Waals surface area contributed by atoms with Crippen LogP contribution in [0.1, 0.15) is 40.3 Å². The van der Waals surface area contributed by atoms with Crippen molar-refractivity contribution >= 4 is 0 Å². The van der Waals surface area contributed by atoms with Crippen LogP contribution in [-0.4, -0.2) is 5.11 Å². The molecule has 2 aromatic rings. The first kappa shape index (κ1) is 13.7. The third-order valence-electron chi connectivity index (χ3n) is 3.45. The fourth-order valence-corrected chi connectivity index (χ4v) is 2.07. The lowest BCUT2D eigenvalue weighted by Crippen LogP contribution is -2.03. The van der Waals surface area contributed by atoms with Gasteiger partial charge in [-0.1, -0.05) is 42.5 Å². The molecule has 100 valence electrons. The minimum atomic E-state index is -2.48. The maximum Gasteiger partial charge on any atom is 0.263 e. The van der Waals surface area contributed by atoms with Crippen LogP contribution in [0.3, 0.4) is 0 Å². The minimum Gasteiger partial charge on any atom is -0.384 e. The Hall–Kier alpha value is -1.74. The molecule has 0 heterocycles. The second-order valence-corrected chi connectivity index (χ2v) is 4.66. The van der Waals surface area contributed by atoms with Crippen LogP contribution in [0.2, 0.25) is 0 Å². The zero-order valence-electron chi connectivity index (χ0n) is 10.9. The first-order chi connectivity index (χ1) is 9.00. The Balaban J connectivity index is 2.33. The summed E-state index contributed by atoms with van der Waals surface area (Å²) in [7, 11) is 0. The number of aliphatic hydroxyl groups excluding tert-OH is 1. The Labute approximate surface area is 111 Å². The van der Waals surface area contributed by atoms with E-state index in [0.717, 1.165) is 16.7 Å². The molecule has 0 saturated carbocycles. The van der Waals surface area contributed by atoms with E-state index in [1.165, 1.54) is 12.1 Å². The van der Waals surface area contributed by atoms with Crippen molar-refractivity contribution in [2.24, 2.45) is 0 Å². The number of hydrogen-bond acceptors (Lipinski definition) is 1. The highest BCUT2D eigenvalue weighted by Gasteiger charge is 2.14. The first-order valence-corrected chi connectivity index (χ1v) is 6.13. The van der Waals surface area contributed by atoms with Gasteiger partial charge in [0.05, 0.1) is 0 Å².